The normalized spacial score (nSPS) is 14.1. The summed E-state index contributed by atoms with van der Waals surface area (Å²) < 4.78 is 0. The third-order valence-corrected chi connectivity index (χ3v) is 5.28. The minimum Gasteiger partial charge on any atom is -0.309 e. The van der Waals surface area contributed by atoms with Crippen LogP contribution in [0.1, 0.15) is 59.5 Å². The number of nitrogens with one attached hydrogen (secondary N) is 1. The summed E-state index contributed by atoms with van der Waals surface area (Å²) in [5.41, 5.74) is 2.87. The minimum atomic E-state index is 0.427. The highest BCUT2D eigenvalue weighted by Gasteiger charge is 2.25. The van der Waals surface area contributed by atoms with Gasteiger partial charge in [0.2, 0.25) is 0 Å². The Morgan fingerprint density at radius 2 is 1.81 bits per heavy atom. The van der Waals surface area contributed by atoms with Crippen LogP contribution in [-0.4, -0.2) is 6.54 Å². The van der Waals surface area contributed by atoms with Crippen molar-refractivity contribution in [2.45, 2.75) is 52.5 Å². The van der Waals surface area contributed by atoms with Crippen molar-refractivity contribution in [1.29, 1.82) is 0 Å². The summed E-state index contributed by atoms with van der Waals surface area (Å²) in [5, 5.41) is 3.80. The van der Waals surface area contributed by atoms with Gasteiger partial charge in [0.1, 0.15) is 0 Å². The SMILES string of the molecule is CCCNC(c1sc(C)cc1C)C(CC)c1ccccc1. The van der Waals surface area contributed by atoms with Gasteiger partial charge >= 0.3 is 0 Å². The fourth-order valence-corrected chi connectivity index (χ4v) is 4.23. The molecular formula is C19H27NS. The Labute approximate surface area is 133 Å². The minimum absolute atomic E-state index is 0.427. The number of aryl methyl sites for hydroxylation is 2. The van der Waals surface area contributed by atoms with Gasteiger partial charge in [0.15, 0.2) is 0 Å². The third kappa shape index (κ3) is 3.96. The number of rotatable bonds is 7. The van der Waals surface area contributed by atoms with Crippen LogP contribution in [0.15, 0.2) is 36.4 Å². The zero-order valence-electron chi connectivity index (χ0n) is 13.6. The topological polar surface area (TPSA) is 12.0 Å². The molecule has 1 heterocycles. The zero-order valence-corrected chi connectivity index (χ0v) is 14.5. The average molecular weight is 301 g/mol. The molecule has 0 saturated heterocycles. The maximum absolute atomic E-state index is 3.80. The lowest BCUT2D eigenvalue weighted by atomic mass is 9.87. The van der Waals surface area contributed by atoms with E-state index >= 15 is 0 Å². The van der Waals surface area contributed by atoms with Crippen LogP contribution in [0, 0.1) is 13.8 Å². The Hall–Kier alpha value is -1.12. The molecule has 1 nitrogen and oxygen atoms in total. The summed E-state index contributed by atoms with van der Waals surface area (Å²) in [6, 6.07) is 13.7. The maximum atomic E-state index is 3.80. The molecule has 0 amide bonds. The van der Waals surface area contributed by atoms with Crippen molar-refractivity contribution in [3.63, 3.8) is 0 Å². The van der Waals surface area contributed by atoms with Crippen molar-refractivity contribution in [2.75, 3.05) is 6.54 Å². The highest BCUT2D eigenvalue weighted by Crippen LogP contribution is 2.38. The number of hydrogen-bond acceptors (Lipinski definition) is 2. The van der Waals surface area contributed by atoms with Crippen molar-refractivity contribution < 1.29 is 0 Å². The van der Waals surface area contributed by atoms with Gasteiger partial charge in [0, 0.05) is 21.7 Å². The van der Waals surface area contributed by atoms with Crippen molar-refractivity contribution in [2.24, 2.45) is 0 Å². The molecule has 0 saturated carbocycles. The van der Waals surface area contributed by atoms with E-state index < -0.39 is 0 Å². The second-order valence-electron chi connectivity index (χ2n) is 5.76. The first-order valence-electron chi connectivity index (χ1n) is 8.02. The van der Waals surface area contributed by atoms with Crippen LogP contribution < -0.4 is 5.32 Å². The van der Waals surface area contributed by atoms with Crippen molar-refractivity contribution in [3.8, 4) is 0 Å². The summed E-state index contributed by atoms with van der Waals surface area (Å²) in [4.78, 5) is 2.92. The fraction of sp³-hybridized carbons (Fsp3) is 0.474. The van der Waals surface area contributed by atoms with E-state index in [1.165, 1.54) is 27.3 Å². The Kier molecular flexibility index (Phi) is 6.01. The maximum Gasteiger partial charge on any atom is 0.0487 e. The zero-order chi connectivity index (χ0) is 15.2. The van der Waals surface area contributed by atoms with Gasteiger partial charge in [-0.05, 0) is 50.4 Å². The number of hydrogen-bond donors (Lipinski definition) is 1. The lowest BCUT2D eigenvalue weighted by Crippen LogP contribution is -2.27. The van der Waals surface area contributed by atoms with Crippen LogP contribution in [0.5, 0.6) is 0 Å². The summed E-state index contributed by atoms with van der Waals surface area (Å²) >= 11 is 1.95. The predicted octanol–water partition coefficient (Wildman–Crippen LogP) is 5.60. The Morgan fingerprint density at radius 1 is 1.10 bits per heavy atom. The van der Waals surface area contributed by atoms with E-state index in [0.717, 1.165) is 13.0 Å². The molecule has 0 aliphatic rings. The summed E-state index contributed by atoms with van der Waals surface area (Å²) in [6.45, 7) is 10.1. The van der Waals surface area contributed by atoms with E-state index in [9.17, 15) is 0 Å². The third-order valence-electron chi connectivity index (χ3n) is 4.05. The molecule has 1 N–H and O–H groups in total. The van der Waals surface area contributed by atoms with Crippen molar-refractivity contribution in [3.05, 3.63) is 57.3 Å². The lowest BCUT2D eigenvalue weighted by Gasteiger charge is -2.28. The molecule has 0 aliphatic carbocycles. The number of benzene rings is 1. The molecule has 2 atom stereocenters. The molecule has 0 bridgehead atoms. The van der Waals surface area contributed by atoms with Crippen LogP contribution in [0.25, 0.3) is 0 Å². The molecule has 2 unspecified atom stereocenters. The quantitative estimate of drug-likeness (QED) is 0.702. The molecule has 0 spiro atoms. The molecule has 1 aromatic heterocycles. The molecule has 1 aromatic carbocycles. The molecule has 2 aromatic rings. The first-order chi connectivity index (χ1) is 10.2. The second kappa shape index (κ2) is 7.77. The van der Waals surface area contributed by atoms with E-state index in [0.29, 0.717) is 12.0 Å². The number of thiophene rings is 1. The van der Waals surface area contributed by atoms with Gasteiger partial charge in [-0.15, -0.1) is 11.3 Å². The molecule has 114 valence electrons. The lowest BCUT2D eigenvalue weighted by molar-refractivity contribution is 0.440. The van der Waals surface area contributed by atoms with Gasteiger partial charge in [-0.3, -0.25) is 0 Å². The summed E-state index contributed by atoms with van der Waals surface area (Å²) in [7, 11) is 0. The smallest absolute Gasteiger partial charge is 0.0487 e. The average Bonchev–Trinajstić information content (AvgIpc) is 2.83. The van der Waals surface area contributed by atoms with Crippen LogP contribution >= 0.6 is 11.3 Å². The second-order valence-corrected chi connectivity index (χ2v) is 7.05. The Bertz CT molecular complexity index is 544. The van der Waals surface area contributed by atoms with Crippen LogP contribution in [0.2, 0.25) is 0 Å². The van der Waals surface area contributed by atoms with E-state index in [4.69, 9.17) is 0 Å². The van der Waals surface area contributed by atoms with E-state index in [1.54, 1.807) is 0 Å². The van der Waals surface area contributed by atoms with Crippen LogP contribution in [0.3, 0.4) is 0 Å². The van der Waals surface area contributed by atoms with Gasteiger partial charge in [0.25, 0.3) is 0 Å². The molecule has 2 heteroatoms. The van der Waals surface area contributed by atoms with E-state index in [2.05, 4.69) is 69.4 Å². The van der Waals surface area contributed by atoms with Crippen LogP contribution in [-0.2, 0) is 0 Å². The summed E-state index contributed by atoms with van der Waals surface area (Å²) in [6.07, 6.45) is 2.33. The van der Waals surface area contributed by atoms with Gasteiger partial charge in [-0.1, -0.05) is 44.2 Å². The molecule has 2 rings (SSSR count). The highest BCUT2D eigenvalue weighted by molar-refractivity contribution is 7.12. The van der Waals surface area contributed by atoms with Gasteiger partial charge < -0.3 is 5.32 Å². The standard InChI is InChI=1S/C19H27NS/c1-5-12-20-18(19-14(3)13-15(4)21-19)17(6-2)16-10-8-7-9-11-16/h7-11,13,17-18,20H,5-6,12H2,1-4H3. The Balaban J connectivity index is 2.36. The van der Waals surface area contributed by atoms with E-state index in [1.807, 2.05) is 11.3 Å². The molecule has 21 heavy (non-hydrogen) atoms. The monoisotopic (exact) mass is 301 g/mol. The van der Waals surface area contributed by atoms with Gasteiger partial charge in [0.05, 0.1) is 0 Å². The van der Waals surface area contributed by atoms with Crippen LogP contribution in [0.4, 0.5) is 0 Å². The van der Waals surface area contributed by atoms with E-state index in [-0.39, 0.29) is 0 Å². The van der Waals surface area contributed by atoms with Gasteiger partial charge in [-0.25, -0.2) is 0 Å². The molecule has 0 fully saturated rings. The van der Waals surface area contributed by atoms with Crippen molar-refractivity contribution in [1.82, 2.24) is 5.32 Å². The van der Waals surface area contributed by atoms with Gasteiger partial charge in [-0.2, -0.15) is 0 Å². The summed E-state index contributed by atoms with van der Waals surface area (Å²) in [5.74, 6) is 0.537. The predicted molar refractivity (Wildman–Crippen MR) is 94.3 cm³/mol. The van der Waals surface area contributed by atoms with Crippen molar-refractivity contribution >= 4 is 11.3 Å². The molecule has 0 aliphatic heterocycles. The highest BCUT2D eigenvalue weighted by atomic mass is 32.1. The molecule has 0 radical (unpaired) electrons. The Morgan fingerprint density at radius 3 is 2.33 bits per heavy atom. The first kappa shape index (κ1) is 16.3. The largest absolute Gasteiger partial charge is 0.309 e. The fourth-order valence-electron chi connectivity index (χ4n) is 3.05. The first-order valence-corrected chi connectivity index (χ1v) is 8.84. The molecular weight excluding hydrogens is 274 g/mol.